The van der Waals surface area contributed by atoms with Crippen LogP contribution in [0.5, 0.6) is 11.5 Å². The summed E-state index contributed by atoms with van der Waals surface area (Å²) in [6.45, 7) is 0. The van der Waals surface area contributed by atoms with Gasteiger partial charge < -0.3 is 8.37 Å². The zero-order chi connectivity index (χ0) is 32.2. The molecule has 5 aromatic rings. The minimum Gasteiger partial charge on any atom is -0.376 e. The highest BCUT2D eigenvalue weighted by Crippen LogP contribution is 2.65. The number of hydrogen-bond acceptors (Lipinski definition) is 6. The van der Waals surface area contributed by atoms with Crippen LogP contribution >= 0.6 is 0 Å². The molecule has 7 rings (SSSR count). The van der Waals surface area contributed by atoms with Crippen LogP contribution in [0.15, 0.2) is 97.1 Å². The minimum absolute atomic E-state index is 0.0200. The minimum atomic E-state index is -6.12. The van der Waals surface area contributed by atoms with E-state index in [1.54, 1.807) is 60.7 Å². The lowest BCUT2D eigenvalue weighted by Crippen LogP contribution is -2.29. The van der Waals surface area contributed by atoms with Crippen molar-refractivity contribution in [1.82, 2.24) is 0 Å². The molecule has 0 unspecified atom stereocenters. The predicted molar refractivity (Wildman–Crippen MR) is 151 cm³/mol. The second kappa shape index (κ2) is 9.23. The van der Waals surface area contributed by atoms with Crippen LogP contribution in [0.2, 0.25) is 0 Å². The molecule has 0 aromatic heterocycles. The molecular formula is C31H16F6O6S2. The van der Waals surface area contributed by atoms with Crippen molar-refractivity contribution in [2.24, 2.45) is 0 Å². The maximum Gasteiger partial charge on any atom is 0.534 e. The second-order valence-electron chi connectivity index (χ2n) is 10.4. The number of rotatable bonds is 4. The molecule has 6 nitrogen and oxygen atoms in total. The lowest BCUT2D eigenvalue weighted by molar-refractivity contribution is -0.0504. The van der Waals surface area contributed by atoms with Gasteiger partial charge in [0.1, 0.15) is 5.75 Å². The van der Waals surface area contributed by atoms with Crippen molar-refractivity contribution in [2.75, 3.05) is 0 Å². The lowest BCUT2D eigenvalue weighted by atomic mass is 9.70. The molecule has 14 heteroatoms. The highest BCUT2D eigenvalue weighted by molar-refractivity contribution is 7.88. The number of benzene rings is 5. The van der Waals surface area contributed by atoms with Crippen LogP contribution in [0, 0.1) is 0 Å². The van der Waals surface area contributed by atoms with Crippen LogP contribution in [0.1, 0.15) is 22.3 Å². The van der Waals surface area contributed by atoms with E-state index in [9.17, 15) is 43.2 Å². The lowest BCUT2D eigenvalue weighted by Gasteiger charge is -2.31. The Morgan fingerprint density at radius 3 is 1.60 bits per heavy atom. The number of fused-ring (bicyclic) bond motifs is 12. The van der Waals surface area contributed by atoms with E-state index < -0.39 is 48.2 Å². The first-order valence-electron chi connectivity index (χ1n) is 13.0. The summed E-state index contributed by atoms with van der Waals surface area (Å²) in [4.78, 5) is 0. The van der Waals surface area contributed by atoms with Crippen molar-refractivity contribution in [2.45, 2.75) is 16.4 Å². The first-order valence-corrected chi connectivity index (χ1v) is 15.8. The Kier molecular flexibility index (Phi) is 5.99. The van der Waals surface area contributed by atoms with Gasteiger partial charge in [-0.3, -0.25) is 0 Å². The Balaban J connectivity index is 1.61. The zero-order valence-corrected chi connectivity index (χ0v) is 23.9. The van der Waals surface area contributed by atoms with Crippen LogP contribution < -0.4 is 8.37 Å². The molecule has 0 saturated carbocycles. The van der Waals surface area contributed by atoms with Crippen molar-refractivity contribution < 1.29 is 51.5 Å². The summed E-state index contributed by atoms with van der Waals surface area (Å²) in [6, 6.07) is 24.7. The molecule has 2 aliphatic carbocycles. The third-order valence-corrected chi connectivity index (χ3v) is 9.94. The largest absolute Gasteiger partial charge is 0.534 e. The summed E-state index contributed by atoms with van der Waals surface area (Å²) in [5.41, 5.74) is -8.99. The van der Waals surface area contributed by atoms with Crippen molar-refractivity contribution in [3.05, 3.63) is 119 Å². The summed E-state index contributed by atoms with van der Waals surface area (Å²) in [5, 5.41) is 0.311. The molecule has 0 N–H and O–H groups in total. The van der Waals surface area contributed by atoms with Crippen LogP contribution in [-0.4, -0.2) is 27.9 Å². The van der Waals surface area contributed by atoms with Gasteiger partial charge in [0.25, 0.3) is 0 Å². The highest BCUT2D eigenvalue weighted by Gasteiger charge is 2.54. The van der Waals surface area contributed by atoms with Gasteiger partial charge in [-0.15, -0.1) is 0 Å². The average Bonchev–Trinajstić information content (AvgIpc) is 3.43. The van der Waals surface area contributed by atoms with Gasteiger partial charge in [-0.2, -0.15) is 43.2 Å². The molecule has 0 heterocycles. The maximum absolute atomic E-state index is 13.5. The van der Waals surface area contributed by atoms with Crippen LogP contribution in [-0.2, 0) is 25.7 Å². The molecule has 2 aliphatic rings. The summed E-state index contributed by atoms with van der Waals surface area (Å²) in [7, 11) is -12.2. The van der Waals surface area contributed by atoms with E-state index in [2.05, 4.69) is 4.18 Å². The van der Waals surface area contributed by atoms with E-state index in [1.165, 1.54) is 24.3 Å². The number of alkyl halides is 6. The first kappa shape index (κ1) is 29.2. The first-order chi connectivity index (χ1) is 21.1. The van der Waals surface area contributed by atoms with E-state index in [-0.39, 0.29) is 16.5 Å². The molecular weight excluding hydrogens is 646 g/mol. The Morgan fingerprint density at radius 1 is 0.511 bits per heavy atom. The van der Waals surface area contributed by atoms with Crippen molar-refractivity contribution >= 4 is 31.0 Å². The van der Waals surface area contributed by atoms with Gasteiger partial charge in [-0.1, -0.05) is 78.9 Å². The molecule has 0 saturated heterocycles. The van der Waals surface area contributed by atoms with Gasteiger partial charge in [0.05, 0.1) is 5.41 Å². The van der Waals surface area contributed by atoms with Gasteiger partial charge in [-0.25, -0.2) is 0 Å². The van der Waals surface area contributed by atoms with Gasteiger partial charge in [0.15, 0.2) is 5.75 Å². The summed E-state index contributed by atoms with van der Waals surface area (Å²) in [6.07, 6.45) is 0. The zero-order valence-electron chi connectivity index (χ0n) is 22.3. The molecule has 0 atom stereocenters. The molecule has 0 amide bonds. The van der Waals surface area contributed by atoms with Crippen molar-refractivity contribution in [1.29, 1.82) is 0 Å². The molecule has 5 aromatic carbocycles. The fraction of sp³-hybridized carbons (Fsp3) is 0.0968. The third kappa shape index (κ3) is 4.01. The second-order valence-corrected chi connectivity index (χ2v) is 13.4. The van der Waals surface area contributed by atoms with Crippen molar-refractivity contribution in [3.63, 3.8) is 0 Å². The van der Waals surface area contributed by atoms with E-state index >= 15 is 0 Å². The summed E-state index contributed by atoms with van der Waals surface area (Å²) >= 11 is 0. The quantitative estimate of drug-likeness (QED) is 0.109. The van der Waals surface area contributed by atoms with Gasteiger partial charge in [0, 0.05) is 5.39 Å². The summed E-state index contributed by atoms with van der Waals surface area (Å²) in [5.74, 6) is -1.27. The fourth-order valence-electron chi connectivity index (χ4n) is 6.40. The molecule has 0 radical (unpaired) electrons. The van der Waals surface area contributed by atoms with Crippen molar-refractivity contribution in [3.8, 4) is 33.8 Å². The van der Waals surface area contributed by atoms with E-state index in [4.69, 9.17) is 4.18 Å². The maximum atomic E-state index is 13.5. The van der Waals surface area contributed by atoms with E-state index in [0.29, 0.717) is 38.8 Å². The summed E-state index contributed by atoms with van der Waals surface area (Å²) < 4.78 is 138. The Morgan fingerprint density at radius 2 is 1.02 bits per heavy atom. The smallest absolute Gasteiger partial charge is 0.376 e. The molecule has 0 bridgehead atoms. The Bertz CT molecular complexity index is 2250. The fourth-order valence-corrected chi connectivity index (χ4v) is 7.32. The predicted octanol–water partition coefficient (Wildman–Crippen LogP) is 7.64. The Labute approximate surface area is 251 Å². The van der Waals surface area contributed by atoms with E-state index in [0.717, 1.165) is 12.1 Å². The Hall–Kier alpha value is -4.56. The highest BCUT2D eigenvalue weighted by atomic mass is 32.2. The van der Waals surface area contributed by atoms with Gasteiger partial charge in [-0.05, 0) is 68.1 Å². The van der Waals surface area contributed by atoms with Crippen LogP contribution in [0.4, 0.5) is 26.3 Å². The standard InChI is InChI=1S/C31H16F6O6S2/c32-30(33,34)44(38,39)42-17-13-14-22-25(15-17)29(23-11-5-3-7-18(23)19-8-4-6-12-24(19)29)26-16-27(43-45(40,41)31(35,36)37)20-9-1-2-10-21(20)28(22)26/h1-16H. The topological polar surface area (TPSA) is 86.7 Å². The number of halogens is 6. The average molecular weight is 663 g/mol. The SMILES string of the molecule is O=S(=O)(Oc1ccc2c(c1)C1(c3ccccc3-c3ccccc31)c1cc(OS(=O)(=O)C(F)(F)F)c3ccccc3c1-2)C(F)(F)F. The molecule has 0 aliphatic heterocycles. The van der Waals surface area contributed by atoms with Gasteiger partial charge >= 0.3 is 31.3 Å². The van der Waals surface area contributed by atoms with E-state index in [1.807, 2.05) is 0 Å². The molecule has 230 valence electrons. The number of hydrogen-bond donors (Lipinski definition) is 0. The third-order valence-electron chi connectivity index (χ3n) is 8.00. The molecule has 0 fully saturated rings. The molecule has 45 heavy (non-hydrogen) atoms. The van der Waals surface area contributed by atoms with Crippen LogP contribution in [0.25, 0.3) is 33.0 Å². The van der Waals surface area contributed by atoms with Crippen LogP contribution in [0.3, 0.4) is 0 Å². The van der Waals surface area contributed by atoms with Gasteiger partial charge in [0.2, 0.25) is 0 Å². The molecule has 1 spiro atoms. The monoisotopic (exact) mass is 662 g/mol. The normalized spacial score (nSPS) is 15.0.